The van der Waals surface area contributed by atoms with Crippen LogP contribution in [0.5, 0.6) is 0 Å². The third kappa shape index (κ3) is 2.66. The molecule has 0 aromatic heterocycles. The van der Waals surface area contributed by atoms with Crippen LogP contribution < -0.4 is 5.73 Å². The summed E-state index contributed by atoms with van der Waals surface area (Å²) in [6.45, 7) is -0.351. The number of aliphatic hydroxyl groups excluding tert-OH is 3. The highest BCUT2D eigenvalue weighted by Crippen LogP contribution is 2.25. The highest BCUT2D eigenvalue weighted by Gasteiger charge is 2.22. The first kappa shape index (κ1) is 12.8. The van der Waals surface area contributed by atoms with Crippen LogP contribution in [-0.2, 0) is 0 Å². The molecule has 0 saturated carbocycles. The molecule has 0 spiro atoms. The number of anilines is 1. The van der Waals surface area contributed by atoms with Crippen molar-refractivity contribution >= 4 is 5.69 Å². The van der Waals surface area contributed by atoms with E-state index in [4.69, 9.17) is 10.8 Å². The summed E-state index contributed by atoms with van der Waals surface area (Å²) in [5.41, 5.74) is 4.61. The van der Waals surface area contributed by atoms with E-state index in [0.29, 0.717) is 6.07 Å². The molecule has 0 fully saturated rings. The maximum absolute atomic E-state index is 13.3. The largest absolute Gasteiger partial charge is 0.396 e. The Labute approximate surface area is 90.9 Å². The zero-order chi connectivity index (χ0) is 12.3. The van der Waals surface area contributed by atoms with Crippen LogP contribution in [0.4, 0.5) is 14.5 Å². The molecular formula is C10H13F2NO3. The predicted molar refractivity (Wildman–Crippen MR) is 53.4 cm³/mol. The highest BCUT2D eigenvalue weighted by atomic mass is 19.1. The molecule has 5 N–H and O–H groups in total. The van der Waals surface area contributed by atoms with Gasteiger partial charge in [0.1, 0.15) is 17.7 Å². The maximum Gasteiger partial charge on any atom is 0.149 e. The van der Waals surface area contributed by atoms with Crippen LogP contribution in [0.3, 0.4) is 0 Å². The molecule has 16 heavy (non-hydrogen) atoms. The molecule has 90 valence electrons. The van der Waals surface area contributed by atoms with Gasteiger partial charge < -0.3 is 21.1 Å². The van der Waals surface area contributed by atoms with Crippen LogP contribution in [0.1, 0.15) is 18.1 Å². The zero-order valence-corrected chi connectivity index (χ0v) is 8.40. The first-order chi connectivity index (χ1) is 7.47. The Balaban J connectivity index is 2.99. The summed E-state index contributed by atoms with van der Waals surface area (Å²) in [4.78, 5) is 0. The summed E-state index contributed by atoms with van der Waals surface area (Å²) < 4.78 is 26.1. The van der Waals surface area contributed by atoms with Gasteiger partial charge in [0, 0.05) is 18.2 Å². The number of nitrogen functional groups attached to an aromatic ring is 1. The van der Waals surface area contributed by atoms with Gasteiger partial charge in [-0.05, 0) is 12.5 Å². The number of rotatable bonds is 4. The van der Waals surface area contributed by atoms with Crippen molar-refractivity contribution in [3.63, 3.8) is 0 Å². The molecule has 1 aromatic rings. The number of nitrogens with two attached hydrogens (primary N) is 1. The standard InChI is InChI=1S/C10H13F2NO3/c11-6-4-7(12)8(13)3-5(6)10(16)9(15)1-2-14/h3-4,9-10,14-16H,1-2,13H2. The molecule has 1 rings (SSSR count). The quantitative estimate of drug-likeness (QED) is 0.564. The fraction of sp³-hybridized carbons (Fsp3) is 0.400. The van der Waals surface area contributed by atoms with Crippen LogP contribution in [0.2, 0.25) is 0 Å². The molecule has 4 nitrogen and oxygen atoms in total. The van der Waals surface area contributed by atoms with E-state index in [1.54, 1.807) is 0 Å². The molecule has 0 aliphatic carbocycles. The van der Waals surface area contributed by atoms with E-state index in [1.807, 2.05) is 0 Å². The third-order valence-corrected chi connectivity index (χ3v) is 2.22. The normalized spacial score (nSPS) is 14.8. The summed E-state index contributed by atoms with van der Waals surface area (Å²) in [5.74, 6) is -1.92. The van der Waals surface area contributed by atoms with Gasteiger partial charge in [0.2, 0.25) is 0 Å². The van der Waals surface area contributed by atoms with E-state index < -0.39 is 23.8 Å². The van der Waals surface area contributed by atoms with Crippen LogP contribution >= 0.6 is 0 Å². The van der Waals surface area contributed by atoms with Crippen LogP contribution in [0.25, 0.3) is 0 Å². The fourth-order valence-corrected chi connectivity index (χ4v) is 1.31. The second-order valence-electron chi connectivity index (χ2n) is 3.42. The van der Waals surface area contributed by atoms with E-state index in [1.165, 1.54) is 0 Å². The second kappa shape index (κ2) is 5.20. The monoisotopic (exact) mass is 233 g/mol. The Bertz CT molecular complexity index is 373. The van der Waals surface area contributed by atoms with Crippen molar-refractivity contribution in [2.45, 2.75) is 18.6 Å². The van der Waals surface area contributed by atoms with Crippen LogP contribution in [-0.4, -0.2) is 28.0 Å². The van der Waals surface area contributed by atoms with Crippen molar-refractivity contribution in [3.05, 3.63) is 29.3 Å². The fourth-order valence-electron chi connectivity index (χ4n) is 1.31. The Morgan fingerprint density at radius 3 is 2.38 bits per heavy atom. The molecule has 2 unspecified atom stereocenters. The molecule has 0 aliphatic rings. The number of hydrogen-bond acceptors (Lipinski definition) is 4. The third-order valence-electron chi connectivity index (χ3n) is 2.22. The lowest BCUT2D eigenvalue weighted by atomic mass is 10.0. The Hall–Kier alpha value is -1.24. The van der Waals surface area contributed by atoms with Gasteiger partial charge in [0.05, 0.1) is 11.8 Å². The van der Waals surface area contributed by atoms with Gasteiger partial charge in [-0.3, -0.25) is 0 Å². The lowest BCUT2D eigenvalue weighted by Crippen LogP contribution is -2.20. The van der Waals surface area contributed by atoms with Gasteiger partial charge in [0.15, 0.2) is 0 Å². The van der Waals surface area contributed by atoms with E-state index in [-0.39, 0.29) is 24.3 Å². The van der Waals surface area contributed by atoms with Crippen molar-refractivity contribution in [1.82, 2.24) is 0 Å². The summed E-state index contributed by atoms with van der Waals surface area (Å²) >= 11 is 0. The van der Waals surface area contributed by atoms with Crippen molar-refractivity contribution in [2.75, 3.05) is 12.3 Å². The van der Waals surface area contributed by atoms with Crippen molar-refractivity contribution in [2.24, 2.45) is 0 Å². The molecule has 0 bridgehead atoms. The van der Waals surface area contributed by atoms with Gasteiger partial charge in [0.25, 0.3) is 0 Å². The van der Waals surface area contributed by atoms with E-state index >= 15 is 0 Å². The summed E-state index contributed by atoms with van der Waals surface area (Å²) in [7, 11) is 0. The number of benzene rings is 1. The minimum absolute atomic E-state index is 0.113. The van der Waals surface area contributed by atoms with Gasteiger partial charge in [-0.25, -0.2) is 8.78 Å². The molecule has 2 atom stereocenters. The van der Waals surface area contributed by atoms with Crippen molar-refractivity contribution < 1.29 is 24.1 Å². The highest BCUT2D eigenvalue weighted by molar-refractivity contribution is 5.44. The summed E-state index contributed by atoms with van der Waals surface area (Å²) in [6, 6.07) is 1.47. The average Bonchev–Trinajstić information content (AvgIpc) is 2.23. The zero-order valence-electron chi connectivity index (χ0n) is 8.40. The Morgan fingerprint density at radius 1 is 1.19 bits per heavy atom. The van der Waals surface area contributed by atoms with Crippen LogP contribution in [0, 0.1) is 11.6 Å². The smallest absolute Gasteiger partial charge is 0.149 e. The summed E-state index contributed by atoms with van der Waals surface area (Å²) in [6.07, 6.45) is -2.99. The average molecular weight is 233 g/mol. The first-order valence-corrected chi connectivity index (χ1v) is 4.68. The lowest BCUT2D eigenvalue weighted by molar-refractivity contribution is 0.00235. The number of hydrogen-bond donors (Lipinski definition) is 4. The number of aliphatic hydroxyl groups is 3. The SMILES string of the molecule is Nc1cc(C(O)C(O)CCO)c(F)cc1F. The molecule has 0 aliphatic heterocycles. The van der Waals surface area contributed by atoms with Crippen molar-refractivity contribution in [1.29, 1.82) is 0 Å². The van der Waals surface area contributed by atoms with E-state index in [2.05, 4.69) is 0 Å². The maximum atomic E-state index is 13.3. The van der Waals surface area contributed by atoms with E-state index in [0.717, 1.165) is 6.07 Å². The minimum atomic E-state index is -1.55. The summed E-state index contributed by atoms with van der Waals surface area (Å²) in [5, 5.41) is 27.4. The minimum Gasteiger partial charge on any atom is -0.396 e. The predicted octanol–water partition coefficient (Wildman–Crippen LogP) is 0.324. The first-order valence-electron chi connectivity index (χ1n) is 4.68. The molecule has 0 radical (unpaired) electrons. The van der Waals surface area contributed by atoms with Crippen LogP contribution in [0.15, 0.2) is 12.1 Å². The van der Waals surface area contributed by atoms with Gasteiger partial charge in [-0.1, -0.05) is 0 Å². The molecule has 0 heterocycles. The lowest BCUT2D eigenvalue weighted by Gasteiger charge is -2.18. The molecule has 0 amide bonds. The van der Waals surface area contributed by atoms with Gasteiger partial charge >= 0.3 is 0 Å². The van der Waals surface area contributed by atoms with Crippen molar-refractivity contribution in [3.8, 4) is 0 Å². The molecule has 1 aromatic carbocycles. The molecule has 6 heteroatoms. The van der Waals surface area contributed by atoms with E-state index in [9.17, 15) is 19.0 Å². The Morgan fingerprint density at radius 2 is 1.81 bits per heavy atom. The second-order valence-corrected chi connectivity index (χ2v) is 3.42. The van der Waals surface area contributed by atoms with Gasteiger partial charge in [-0.15, -0.1) is 0 Å². The number of halogens is 2. The topological polar surface area (TPSA) is 86.7 Å². The Kier molecular flexibility index (Phi) is 4.17. The molecular weight excluding hydrogens is 220 g/mol. The van der Waals surface area contributed by atoms with Gasteiger partial charge in [-0.2, -0.15) is 0 Å². The molecule has 0 saturated heterocycles.